The molecular formula is C7H12O8. The molecule has 0 saturated carbocycles. The van der Waals surface area contributed by atoms with Crippen LogP contribution in [0.15, 0.2) is 0 Å². The topological polar surface area (TPSA) is 137 Å². The van der Waals surface area contributed by atoms with Crippen LogP contribution in [0.5, 0.6) is 0 Å². The van der Waals surface area contributed by atoms with Crippen molar-refractivity contribution in [3.8, 4) is 0 Å². The molecule has 5 atom stereocenters. The summed E-state index contributed by atoms with van der Waals surface area (Å²) in [5.41, 5.74) is 0. The lowest BCUT2D eigenvalue weighted by Gasteiger charge is -2.36. The Bertz CT molecular complexity index is 231. The predicted octanol–water partition coefficient (Wildman–Crippen LogP) is -3.72. The van der Waals surface area contributed by atoms with Gasteiger partial charge in [0.25, 0.3) is 0 Å². The molecule has 0 unspecified atom stereocenters. The van der Waals surface area contributed by atoms with Crippen molar-refractivity contribution in [1.29, 1.82) is 0 Å². The minimum Gasteiger partial charge on any atom is -0.437 e. The lowest BCUT2D eigenvalue weighted by atomic mass is 9.99. The fourth-order valence-electron chi connectivity index (χ4n) is 1.20. The van der Waals surface area contributed by atoms with Crippen LogP contribution in [-0.4, -0.2) is 69.0 Å². The molecule has 0 radical (unpaired) electrons. The predicted molar refractivity (Wildman–Crippen MR) is 42.1 cm³/mol. The average molecular weight is 224 g/mol. The second kappa shape index (κ2) is 4.84. The van der Waals surface area contributed by atoms with E-state index >= 15 is 0 Å². The Kier molecular flexibility index (Phi) is 3.97. The highest BCUT2D eigenvalue weighted by Crippen LogP contribution is 2.20. The number of hydrogen-bond donors (Lipinski definition) is 5. The molecule has 88 valence electrons. The summed E-state index contributed by atoms with van der Waals surface area (Å²) in [6.07, 6.45) is -8.63. The van der Waals surface area contributed by atoms with E-state index in [2.05, 4.69) is 9.47 Å². The Balaban J connectivity index is 2.70. The molecule has 0 aliphatic carbocycles. The number of aliphatic hydroxyl groups is 5. The third-order valence-corrected chi connectivity index (χ3v) is 2.03. The fraction of sp³-hybridized carbons (Fsp3) is 0.857. The molecule has 1 rings (SSSR count). The minimum absolute atomic E-state index is 0.917. The van der Waals surface area contributed by atoms with Crippen LogP contribution in [0.25, 0.3) is 0 Å². The second-order valence-corrected chi connectivity index (χ2v) is 3.01. The van der Waals surface area contributed by atoms with Crippen LogP contribution in [-0.2, 0) is 14.3 Å². The number of ether oxygens (including phenoxy) is 2. The fourth-order valence-corrected chi connectivity index (χ4v) is 1.20. The van der Waals surface area contributed by atoms with Crippen molar-refractivity contribution in [2.45, 2.75) is 30.7 Å². The maximum atomic E-state index is 11.0. The average Bonchev–Trinajstić information content (AvgIpc) is 2.20. The summed E-state index contributed by atoms with van der Waals surface area (Å²) in [4.78, 5) is 11.0. The maximum Gasteiger partial charge on any atom is 0.340 e. The molecular weight excluding hydrogens is 212 g/mol. The van der Waals surface area contributed by atoms with Crippen molar-refractivity contribution < 1.29 is 39.8 Å². The molecule has 8 nitrogen and oxygen atoms in total. The van der Waals surface area contributed by atoms with E-state index in [9.17, 15) is 15.0 Å². The Morgan fingerprint density at radius 3 is 2.27 bits per heavy atom. The third kappa shape index (κ3) is 2.43. The second-order valence-electron chi connectivity index (χ2n) is 3.01. The molecule has 1 saturated heterocycles. The van der Waals surface area contributed by atoms with Gasteiger partial charge in [-0.1, -0.05) is 0 Å². The van der Waals surface area contributed by atoms with Crippen LogP contribution in [0.3, 0.4) is 0 Å². The highest BCUT2D eigenvalue weighted by atomic mass is 16.7. The van der Waals surface area contributed by atoms with Crippen LogP contribution in [0.4, 0.5) is 0 Å². The summed E-state index contributed by atoms with van der Waals surface area (Å²) in [5, 5.41) is 44.9. The number of esters is 1. The first kappa shape index (κ1) is 12.3. The number of carbonyl (C=O) groups is 1. The molecule has 8 heteroatoms. The van der Waals surface area contributed by atoms with E-state index in [0.717, 1.165) is 0 Å². The molecule has 1 aliphatic rings. The Morgan fingerprint density at radius 1 is 1.13 bits per heavy atom. The van der Waals surface area contributed by atoms with E-state index in [1.54, 1.807) is 0 Å². The SMILES string of the molecule is O=C(OCO)[C@H]1O[C@@H](O)[C@H](O)[C@@H](O)[C@@H]1O. The van der Waals surface area contributed by atoms with E-state index in [4.69, 9.17) is 15.3 Å². The van der Waals surface area contributed by atoms with Crippen molar-refractivity contribution in [1.82, 2.24) is 0 Å². The van der Waals surface area contributed by atoms with Crippen LogP contribution < -0.4 is 0 Å². The van der Waals surface area contributed by atoms with E-state index in [-0.39, 0.29) is 0 Å². The summed E-state index contributed by atoms with van der Waals surface area (Å²) in [7, 11) is 0. The summed E-state index contributed by atoms with van der Waals surface area (Å²) >= 11 is 0. The van der Waals surface area contributed by atoms with Crippen molar-refractivity contribution in [2.24, 2.45) is 0 Å². The highest BCUT2D eigenvalue weighted by molar-refractivity contribution is 5.75. The zero-order valence-corrected chi connectivity index (χ0v) is 7.55. The van der Waals surface area contributed by atoms with Crippen LogP contribution in [0, 0.1) is 0 Å². The van der Waals surface area contributed by atoms with Crippen molar-refractivity contribution in [2.75, 3.05) is 6.79 Å². The highest BCUT2D eigenvalue weighted by Gasteiger charge is 2.46. The van der Waals surface area contributed by atoms with Gasteiger partial charge in [-0.25, -0.2) is 4.79 Å². The minimum atomic E-state index is -1.81. The maximum absolute atomic E-state index is 11.0. The van der Waals surface area contributed by atoms with Gasteiger partial charge in [0.2, 0.25) is 0 Å². The van der Waals surface area contributed by atoms with E-state index in [1.807, 2.05) is 0 Å². The lowest BCUT2D eigenvalue weighted by molar-refractivity contribution is -0.282. The lowest BCUT2D eigenvalue weighted by Crippen LogP contribution is -2.59. The molecule has 1 heterocycles. The standard InChI is InChI=1S/C7H12O8/c8-1-14-7(13)5-3(10)2(9)4(11)6(12)15-5/h2-6,8-12H,1H2/t2-,3-,4+,5-,6+/m0/s1. The monoisotopic (exact) mass is 224 g/mol. The van der Waals surface area contributed by atoms with Gasteiger partial charge in [0, 0.05) is 0 Å². The molecule has 1 aliphatic heterocycles. The molecule has 0 amide bonds. The van der Waals surface area contributed by atoms with Crippen LogP contribution >= 0.6 is 0 Å². The smallest absolute Gasteiger partial charge is 0.340 e. The molecule has 0 bridgehead atoms. The number of aliphatic hydroxyl groups excluding tert-OH is 5. The number of carbonyl (C=O) groups excluding carboxylic acids is 1. The normalized spacial score (nSPS) is 41.3. The first-order chi connectivity index (χ1) is 6.99. The summed E-state index contributed by atoms with van der Waals surface area (Å²) in [5.74, 6) is -1.14. The van der Waals surface area contributed by atoms with E-state index < -0.39 is 43.5 Å². The van der Waals surface area contributed by atoms with Crippen molar-refractivity contribution in [3.05, 3.63) is 0 Å². The summed E-state index contributed by atoms with van der Waals surface area (Å²) < 4.78 is 8.62. The quantitative estimate of drug-likeness (QED) is 0.238. The first-order valence-corrected chi connectivity index (χ1v) is 4.14. The van der Waals surface area contributed by atoms with Gasteiger partial charge in [-0.2, -0.15) is 0 Å². The largest absolute Gasteiger partial charge is 0.437 e. The van der Waals surface area contributed by atoms with Gasteiger partial charge in [0.1, 0.15) is 18.3 Å². The summed E-state index contributed by atoms with van der Waals surface area (Å²) in [6.45, 7) is -0.917. The van der Waals surface area contributed by atoms with E-state index in [0.29, 0.717) is 0 Å². The Labute approximate surface area is 84.3 Å². The third-order valence-electron chi connectivity index (χ3n) is 2.03. The molecule has 0 aromatic rings. The molecule has 5 N–H and O–H groups in total. The van der Waals surface area contributed by atoms with Gasteiger partial charge in [-0.15, -0.1) is 0 Å². The zero-order valence-electron chi connectivity index (χ0n) is 7.55. The van der Waals surface area contributed by atoms with Crippen molar-refractivity contribution >= 4 is 5.97 Å². The van der Waals surface area contributed by atoms with Gasteiger partial charge in [-0.3, -0.25) is 0 Å². The summed E-state index contributed by atoms with van der Waals surface area (Å²) in [6, 6.07) is 0. The Morgan fingerprint density at radius 2 is 1.73 bits per heavy atom. The molecule has 0 spiro atoms. The van der Waals surface area contributed by atoms with Gasteiger partial charge >= 0.3 is 5.97 Å². The molecule has 15 heavy (non-hydrogen) atoms. The Hall–Kier alpha value is -0.770. The molecule has 0 aromatic carbocycles. The number of hydrogen-bond acceptors (Lipinski definition) is 8. The number of rotatable bonds is 2. The molecule has 1 fully saturated rings. The zero-order chi connectivity index (χ0) is 11.6. The first-order valence-electron chi connectivity index (χ1n) is 4.14. The van der Waals surface area contributed by atoms with Gasteiger partial charge < -0.3 is 35.0 Å². The van der Waals surface area contributed by atoms with Gasteiger partial charge in [0.05, 0.1) is 0 Å². The van der Waals surface area contributed by atoms with Gasteiger partial charge in [-0.05, 0) is 0 Å². The van der Waals surface area contributed by atoms with E-state index in [1.165, 1.54) is 0 Å². The van der Waals surface area contributed by atoms with Crippen LogP contribution in [0.1, 0.15) is 0 Å². The molecule has 0 aromatic heterocycles. The van der Waals surface area contributed by atoms with Crippen LogP contribution in [0.2, 0.25) is 0 Å². The van der Waals surface area contributed by atoms with Crippen molar-refractivity contribution in [3.63, 3.8) is 0 Å². The van der Waals surface area contributed by atoms with Gasteiger partial charge in [0.15, 0.2) is 19.2 Å².